The van der Waals surface area contributed by atoms with E-state index in [2.05, 4.69) is 27.7 Å². The third-order valence-electron chi connectivity index (χ3n) is 10.8. The van der Waals surface area contributed by atoms with Crippen molar-refractivity contribution in [1.82, 2.24) is 0 Å². The van der Waals surface area contributed by atoms with Crippen molar-refractivity contribution in [3.8, 4) is 0 Å². The summed E-state index contributed by atoms with van der Waals surface area (Å²) in [4.78, 5) is 0. The molecule has 4 aliphatic rings. The smallest absolute Gasteiger partial charge is 0.267 e. The van der Waals surface area contributed by atoms with Gasteiger partial charge in [-0.3, -0.25) is 4.18 Å². The molecule has 4 saturated carbocycles. The number of fused-ring (bicyclic) bond motifs is 5. The summed E-state index contributed by atoms with van der Waals surface area (Å²) in [5, 5.41) is 0. The van der Waals surface area contributed by atoms with Crippen LogP contribution in [0.25, 0.3) is 0 Å². The van der Waals surface area contributed by atoms with Gasteiger partial charge in [-0.05, 0) is 111 Å². The Kier molecular flexibility index (Phi) is 6.43. The Morgan fingerprint density at radius 3 is 2.33 bits per heavy atom. The van der Waals surface area contributed by atoms with E-state index in [1.54, 1.807) is 6.92 Å². The minimum absolute atomic E-state index is 0.0795. The average Bonchev–Trinajstić information content (AvgIpc) is 3.05. The molecular formula is C26H46O3S. The molecule has 9 atom stereocenters. The molecule has 0 saturated heterocycles. The zero-order chi connectivity index (χ0) is 21.7. The molecule has 30 heavy (non-hydrogen) atoms. The summed E-state index contributed by atoms with van der Waals surface area (Å²) in [5.74, 6) is 5.21. The highest BCUT2D eigenvalue weighted by Gasteiger charge is 2.60. The molecule has 0 N–H and O–H groups in total. The van der Waals surface area contributed by atoms with Crippen molar-refractivity contribution >= 4 is 10.1 Å². The van der Waals surface area contributed by atoms with Crippen LogP contribution < -0.4 is 0 Å². The normalized spacial score (nSPS) is 47.2. The SMILES string of the molecule is CCC[C@@H](C)[C@H]1CC[C@H]2[C@@H]3CCC4C[C@H](OS(=O)(=O)CC)CC[C@]4(C)[C@H]3CC[C@]12C. The van der Waals surface area contributed by atoms with E-state index < -0.39 is 10.1 Å². The van der Waals surface area contributed by atoms with Crippen LogP contribution in [0.15, 0.2) is 0 Å². The fourth-order valence-corrected chi connectivity index (χ4v) is 9.94. The summed E-state index contributed by atoms with van der Waals surface area (Å²) in [7, 11) is -3.34. The van der Waals surface area contributed by atoms with E-state index in [0.29, 0.717) is 16.7 Å². The molecule has 0 aromatic carbocycles. The fraction of sp³-hybridized carbons (Fsp3) is 1.00. The third-order valence-corrected chi connectivity index (χ3v) is 12.0. The van der Waals surface area contributed by atoms with Crippen molar-refractivity contribution in [3.05, 3.63) is 0 Å². The van der Waals surface area contributed by atoms with Crippen LogP contribution in [0.2, 0.25) is 0 Å². The lowest BCUT2D eigenvalue weighted by Gasteiger charge is -2.61. The van der Waals surface area contributed by atoms with Crippen LogP contribution in [-0.2, 0) is 14.3 Å². The number of hydrogen-bond acceptors (Lipinski definition) is 3. The topological polar surface area (TPSA) is 43.4 Å². The van der Waals surface area contributed by atoms with Gasteiger partial charge in [0.25, 0.3) is 10.1 Å². The Bertz CT molecular complexity index is 718. The summed E-state index contributed by atoms with van der Waals surface area (Å²) >= 11 is 0. The van der Waals surface area contributed by atoms with E-state index in [-0.39, 0.29) is 11.9 Å². The summed E-state index contributed by atoms with van der Waals surface area (Å²) in [6.45, 7) is 11.8. The van der Waals surface area contributed by atoms with Crippen molar-refractivity contribution in [2.24, 2.45) is 46.3 Å². The van der Waals surface area contributed by atoms with Crippen LogP contribution in [0.5, 0.6) is 0 Å². The van der Waals surface area contributed by atoms with Gasteiger partial charge in [0, 0.05) is 0 Å². The van der Waals surface area contributed by atoms with Gasteiger partial charge >= 0.3 is 0 Å². The van der Waals surface area contributed by atoms with Crippen LogP contribution in [0, 0.1) is 46.3 Å². The predicted octanol–water partition coefficient (Wildman–Crippen LogP) is 6.82. The first-order chi connectivity index (χ1) is 14.1. The van der Waals surface area contributed by atoms with Crippen LogP contribution >= 0.6 is 0 Å². The first-order valence-electron chi connectivity index (χ1n) is 13.1. The molecule has 0 heterocycles. The Balaban J connectivity index is 1.48. The predicted molar refractivity (Wildman–Crippen MR) is 124 cm³/mol. The molecule has 0 bridgehead atoms. The van der Waals surface area contributed by atoms with Gasteiger partial charge in [0.05, 0.1) is 11.9 Å². The van der Waals surface area contributed by atoms with Gasteiger partial charge in [0.15, 0.2) is 0 Å². The summed E-state index contributed by atoms with van der Waals surface area (Å²) in [6, 6.07) is 0. The van der Waals surface area contributed by atoms with E-state index in [1.807, 2.05) is 0 Å². The molecule has 0 aliphatic heterocycles. The Labute approximate surface area is 186 Å². The molecule has 1 unspecified atom stereocenters. The number of rotatable bonds is 6. The molecule has 0 spiro atoms. The van der Waals surface area contributed by atoms with Crippen LogP contribution in [0.4, 0.5) is 0 Å². The average molecular weight is 439 g/mol. The molecular weight excluding hydrogens is 392 g/mol. The Hall–Kier alpha value is -0.0900. The maximum absolute atomic E-state index is 12.0. The van der Waals surface area contributed by atoms with Gasteiger partial charge in [0.2, 0.25) is 0 Å². The highest BCUT2D eigenvalue weighted by molar-refractivity contribution is 7.86. The highest BCUT2D eigenvalue weighted by atomic mass is 32.2. The van der Waals surface area contributed by atoms with Crippen molar-refractivity contribution in [3.63, 3.8) is 0 Å². The molecule has 0 amide bonds. The van der Waals surface area contributed by atoms with E-state index in [4.69, 9.17) is 4.18 Å². The second-order valence-corrected chi connectivity index (χ2v) is 13.9. The molecule has 174 valence electrons. The summed E-state index contributed by atoms with van der Waals surface area (Å²) < 4.78 is 29.6. The quantitative estimate of drug-likeness (QED) is 0.427. The minimum Gasteiger partial charge on any atom is -0.267 e. The molecule has 0 aromatic rings. The number of hydrogen-bond donors (Lipinski definition) is 0. The Morgan fingerprint density at radius 2 is 1.63 bits per heavy atom. The minimum atomic E-state index is -3.34. The van der Waals surface area contributed by atoms with Crippen molar-refractivity contribution < 1.29 is 12.6 Å². The lowest BCUT2D eigenvalue weighted by molar-refractivity contribution is -0.126. The van der Waals surface area contributed by atoms with Gasteiger partial charge in [-0.1, -0.05) is 40.5 Å². The van der Waals surface area contributed by atoms with Crippen molar-refractivity contribution in [1.29, 1.82) is 0 Å². The highest BCUT2D eigenvalue weighted by Crippen LogP contribution is 2.68. The van der Waals surface area contributed by atoms with Gasteiger partial charge in [-0.2, -0.15) is 8.42 Å². The lowest BCUT2D eigenvalue weighted by Crippen LogP contribution is -2.54. The Morgan fingerprint density at radius 1 is 0.933 bits per heavy atom. The zero-order valence-electron chi connectivity index (χ0n) is 20.2. The standard InChI is InChI=1S/C26H46O3S/c1-6-8-18(3)22-11-12-23-21-10-9-19-17-20(29-30(27,28)7-2)13-15-25(19,4)24(21)14-16-26(22,23)5/h18-24H,6-17H2,1-5H3/t18-,19?,20-,21+,22-,23+,24+,25+,26-/m1/s1. The molecule has 0 radical (unpaired) electrons. The fourth-order valence-electron chi connectivity index (χ4n) is 9.21. The molecule has 4 aliphatic carbocycles. The van der Waals surface area contributed by atoms with E-state index >= 15 is 0 Å². The van der Waals surface area contributed by atoms with Gasteiger partial charge in [-0.15, -0.1) is 0 Å². The molecule has 3 nitrogen and oxygen atoms in total. The monoisotopic (exact) mass is 438 g/mol. The van der Waals surface area contributed by atoms with Crippen LogP contribution in [0.1, 0.15) is 105 Å². The first kappa shape index (κ1) is 23.1. The van der Waals surface area contributed by atoms with Crippen LogP contribution in [-0.4, -0.2) is 20.3 Å². The van der Waals surface area contributed by atoms with Crippen LogP contribution in [0.3, 0.4) is 0 Å². The van der Waals surface area contributed by atoms with E-state index in [0.717, 1.165) is 48.9 Å². The van der Waals surface area contributed by atoms with Crippen molar-refractivity contribution in [2.75, 3.05) is 5.75 Å². The largest absolute Gasteiger partial charge is 0.267 e. The first-order valence-corrected chi connectivity index (χ1v) is 14.6. The van der Waals surface area contributed by atoms with E-state index in [9.17, 15) is 8.42 Å². The molecule has 4 fully saturated rings. The zero-order valence-corrected chi connectivity index (χ0v) is 21.0. The third kappa shape index (κ3) is 3.80. The maximum atomic E-state index is 12.0. The van der Waals surface area contributed by atoms with E-state index in [1.165, 1.54) is 51.4 Å². The van der Waals surface area contributed by atoms with Gasteiger partial charge < -0.3 is 0 Å². The summed E-state index contributed by atoms with van der Waals surface area (Å²) in [6.07, 6.45) is 14.1. The second kappa shape index (κ2) is 8.36. The lowest BCUT2D eigenvalue weighted by atomic mass is 9.44. The summed E-state index contributed by atoms with van der Waals surface area (Å²) in [5.41, 5.74) is 0.960. The van der Waals surface area contributed by atoms with Gasteiger partial charge in [0.1, 0.15) is 0 Å². The molecule has 4 heteroatoms. The second-order valence-electron chi connectivity index (χ2n) is 12.0. The van der Waals surface area contributed by atoms with Gasteiger partial charge in [-0.25, -0.2) is 0 Å². The maximum Gasteiger partial charge on any atom is 0.267 e. The molecule has 4 rings (SSSR count). The molecule has 0 aromatic heterocycles. The van der Waals surface area contributed by atoms with Crippen molar-refractivity contribution in [2.45, 2.75) is 111 Å².